The summed E-state index contributed by atoms with van der Waals surface area (Å²) < 4.78 is 0. The largest absolute Gasteiger partial charge is 0.272 e. The van der Waals surface area contributed by atoms with Crippen LogP contribution in [0.4, 0.5) is 0 Å². The molecule has 0 saturated carbocycles. The fourth-order valence-corrected chi connectivity index (χ4v) is 0.627. The predicted octanol–water partition coefficient (Wildman–Crippen LogP) is 0.575. The van der Waals surface area contributed by atoms with Crippen molar-refractivity contribution in [3.63, 3.8) is 0 Å². The molecule has 0 unspecified atom stereocenters. The standard InChI is InChI=1S/C5H11NO2/c1-2-3-6-7-4-5-8-6/h2-5H2,1H3. The summed E-state index contributed by atoms with van der Waals surface area (Å²) in [6.45, 7) is 4.38. The second-order valence-corrected chi connectivity index (χ2v) is 1.72. The lowest BCUT2D eigenvalue weighted by Crippen LogP contribution is -2.16. The van der Waals surface area contributed by atoms with Crippen molar-refractivity contribution in [3.05, 3.63) is 0 Å². The summed E-state index contributed by atoms with van der Waals surface area (Å²) in [5, 5.41) is 1.54. The van der Waals surface area contributed by atoms with E-state index in [1.54, 1.807) is 5.23 Å². The molecule has 1 fully saturated rings. The zero-order chi connectivity index (χ0) is 5.82. The molecule has 1 rings (SSSR count). The van der Waals surface area contributed by atoms with Gasteiger partial charge in [-0.2, -0.15) is 0 Å². The topological polar surface area (TPSA) is 21.7 Å². The smallest absolute Gasteiger partial charge is 0.0966 e. The van der Waals surface area contributed by atoms with Crippen LogP contribution in [-0.4, -0.2) is 25.0 Å². The molecule has 0 atom stereocenters. The Balaban J connectivity index is 2.06. The molecular formula is C5H11NO2. The Hall–Kier alpha value is -0.120. The average molecular weight is 117 g/mol. The van der Waals surface area contributed by atoms with E-state index in [9.17, 15) is 0 Å². The minimum atomic E-state index is 0.708. The molecule has 0 radical (unpaired) electrons. The van der Waals surface area contributed by atoms with E-state index in [0.29, 0.717) is 13.2 Å². The van der Waals surface area contributed by atoms with Crippen LogP contribution < -0.4 is 0 Å². The van der Waals surface area contributed by atoms with Crippen molar-refractivity contribution in [2.24, 2.45) is 0 Å². The normalized spacial score (nSPS) is 22.1. The van der Waals surface area contributed by atoms with Crippen molar-refractivity contribution in [1.82, 2.24) is 5.23 Å². The van der Waals surface area contributed by atoms with Crippen LogP contribution in [0, 0.1) is 0 Å². The Morgan fingerprint density at radius 1 is 1.38 bits per heavy atom. The number of rotatable bonds is 2. The predicted molar refractivity (Wildman–Crippen MR) is 28.9 cm³/mol. The van der Waals surface area contributed by atoms with Crippen molar-refractivity contribution < 1.29 is 9.68 Å². The SMILES string of the molecule is CCCN1OCCO1. The van der Waals surface area contributed by atoms with E-state index in [1.807, 2.05) is 0 Å². The van der Waals surface area contributed by atoms with Crippen LogP contribution in [0.2, 0.25) is 0 Å². The molecule has 8 heavy (non-hydrogen) atoms. The molecule has 3 nitrogen and oxygen atoms in total. The van der Waals surface area contributed by atoms with Crippen molar-refractivity contribution in [2.75, 3.05) is 19.8 Å². The molecule has 0 aromatic rings. The highest BCUT2D eigenvalue weighted by Gasteiger charge is 2.10. The summed E-state index contributed by atoms with van der Waals surface area (Å²) in [4.78, 5) is 10.0. The van der Waals surface area contributed by atoms with Gasteiger partial charge in [-0.3, -0.25) is 9.68 Å². The van der Waals surface area contributed by atoms with Crippen molar-refractivity contribution in [2.45, 2.75) is 13.3 Å². The van der Waals surface area contributed by atoms with E-state index >= 15 is 0 Å². The molecule has 0 aromatic carbocycles. The zero-order valence-corrected chi connectivity index (χ0v) is 5.09. The van der Waals surface area contributed by atoms with Gasteiger partial charge < -0.3 is 0 Å². The van der Waals surface area contributed by atoms with E-state index in [1.165, 1.54) is 0 Å². The number of nitrogens with zero attached hydrogens (tertiary/aromatic N) is 1. The molecule has 1 aliphatic heterocycles. The monoisotopic (exact) mass is 117 g/mol. The minimum Gasteiger partial charge on any atom is -0.272 e. The van der Waals surface area contributed by atoms with Crippen LogP contribution in [0.25, 0.3) is 0 Å². The van der Waals surface area contributed by atoms with Crippen LogP contribution >= 0.6 is 0 Å². The maximum Gasteiger partial charge on any atom is 0.0966 e. The van der Waals surface area contributed by atoms with Crippen molar-refractivity contribution >= 4 is 0 Å². The van der Waals surface area contributed by atoms with Gasteiger partial charge in [0.1, 0.15) is 0 Å². The molecule has 0 N–H and O–H groups in total. The van der Waals surface area contributed by atoms with Gasteiger partial charge in [0.05, 0.1) is 19.8 Å². The summed E-state index contributed by atoms with van der Waals surface area (Å²) in [7, 11) is 0. The van der Waals surface area contributed by atoms with E-state index in [4.69, 9.17) is 9.68 Å². The molecule has 0 bridgehead atoms. The lowest BCUT2D eigenvalue weighted by atomic mass is 10.5. The highest BCUT2D eigenvalue weighted by Crippen LogP contribution is 2.00. The lowest BCUT2D eigenvalue weighted by molar-refractivity contribution is -0.298. The molecule has 1 heterocycles. The van der Waals surface area contributed by atoms with Gasteiger partial charge in [-0.25, -0.2) is 0 Å². The Morgan fingerprint density at radius 3 is 2.50 bits per heavy atom. The molecule has 0 aromatic heterocycles. The highest BCUT2D eigenvalue weighted by molar-refractivity contribution is 4.35. The Kier molecular flexibility index (Phi) is 2.27. The molecule has 1 aliphatic rings. The molecular weight excluding hydrogens is 106 g/mol. The van der Waals surface area contributed by atoms with Crippen LogP contribution in [0.3, 0.4) is 0 Å². The summed E-state index contributed by atoms with van der Waals surface area (Å²) in [5.74, 6) is 0. The van der Waals surface area contributed by atoms with E-state index in [0.717, 1.165) is 13.0 Å². The summed E-state index contributed by atoms with van der Waals surface area (Å²) >= 11 is 0. The molecule has 3 heteroatoms. The number of hydrogen-bond donors (Lipinski definition) is 0. The molecule has 0 amide bonds. The second-order valence-electron chi connectivity index (χ2n) is 1.72. The van der Waals surface area contributed by atoms with Gasteiger partial charge in [0.15, 0.2) is 0 Å². The minimum absolute atomic E-state index is 0.708. The molecule has 0 aliphatic carbocycles. The Labute approximate surface area is 49.1 Å². The van der Waals surface area contributed by atoms with Crippen LogP contribution in [0.1, 0.15) is 13.3 Å². The van der Waals surface area contributed by atoms with Gasteiger partial charge in [-0.05, 0) is 6.42 Å². The van der Waals surface area contributed by atoms with Crippen LogP contribution in [-0.2, 0) is 9.68 Å². The molecule has 48 valence electrons. The highest BCUT2D eigenvalue weighted by atomic mass is 17.0. The van der Waals surface area contributed by atoms with E-state index in [-0.39, 0.29) is 0 Å². The third-order valence-corrected chi connectivity index (χ3v) is 0.960. The molecule has 1 saturated heterocycles. The lowest BCUT2D eigenvalue weighted by Gasteiger charge is -2.08. The maximum atomic E-state index is 5.00. The van der Waals surface area contributed by atoms with Gasteiger partial charge in [-0.1, -0.05) is 12.2 Å². The summed E-state index contributed by atoms with van der Waals surface area (Å²) in [6, 6.07) is 0. The first kappa shape index (κ1) is 6.01. The molecule has 0 spiro atoms. The first-order valence-electron chi connectivity index (χ1n) is 2.97. The summed E-state index contributed by atoms with van der Waals surface area (Å²) in [5.41, 5.74) is 0. The van der Waals surface area contributed by atoms with E-state index < -0.39 is 0 Å². The third-order valence-electron chi connectivity index (χ3n) is 0.960. The van der Waals surface area contributed by atoms with Gasteiger partial charge in [0, 0.05) is 0 Å². The van der Waals surface area contributed by atoms with Gasteiger partial charge >= 0.3 is 0 Å². The van der Waals surface area contributed by atoms with Crippen LogP contribution in [0.5, 0.6) is 0 Å². The zero-order valence-electron chi connectivity index (χ0n) is 5.09. The Morgan fingerprint density at radius 2 is 2.00 bits per heavy atom. The quantitative estimate of drug-likeness (QED) is 0.528. The Bertz CT molecular complexity index is 61.4. The fraction of sp³-hybridized carbons (Fsp3) is 1.00. The number of hydrogen-bond acceptors (Lipinski definition) is 3. The second kappa shape index (κ2) is 3.02. The van der Waals surface area contributed by atoms with E-state index in [2.05, 4.69) is 6.92 Å². The fourth-order valence-electron chi connectivity index (χ4n) is 0.627. The van der Waals surface area contributed by atoms with Crippen molar-refractivity contribution in [3.8, 4) is 0 Å². The van der Waals surface area contributed by atoms with Crippen LogP contribution in [0.15, 0.2) is 0 Å². The first-order chi connectivity index (χ1) is 3.93. The van der Waals surface area contributed by atoms with Gasteiger partial charge in [0.2, 0.25) is 0 Å². The first-order valence-corrected chi connectivity index (χ1v) is 2.97. The third kappa shape index (κ3) is 1.43. The maximum absolute atomic E-state index is 5.00. The van der Waals surface area contributed by atoms with Gasteiger partial charge in [0.25, 0.3) is 0 Å². The number of hydroxylamine groups is 2. The van der Waals surface area contributed by atoms with Crippen molar-refractivity contribution in [1.29, 1.82) is 0 Å². The summed E-state index contributed by atoms with van der Waals surface area (Å²) in [6.07, 6.45) is 1.07. The average Bonchev–Trinajstić information content (AvgIpc) is 2.19. The van der Waals surface area contributed by atoms with Gasteiger partial charge in [-0.15, -0.1) is 0 Å².